The average Bonchev–Trinajstić information content (AvgIpc) is 2.46. The van der Waals surface area contributed by atoms with E-state index in [2.05, 4.69) is 10.3 Å². The summed E-state index contributed by atoms with van der Waals surface area (Å²) < 4.78 is 0. The zero-order valence-electron chi connectivity index (χ0n) is 10.3. The Balaban J connectivity index is 1.99. The summed E-state index contributed by atoms with van der Waals surface area (Å²) in [4.78, 5) is 14.8. The van der Waals surface area contributed by atoms with Crippen LogP contribution in [0.4, 0.5) is 5.69 Å². The van der Waals surface area contributed by atoms with Crippen molar-refractivity contribution in [3.8, 4) is 0 Å². The highest BCUT2D eigenvalue weighted by molar-refractivity contribution is 5.91. The zero-order valence-corrected chi connectivity index (χ0v) is 10.3. The lowest BCUT2D eigenvalue weighted by molar-refractivity contribution is 0.0995. The van der Waals surface area contributed by atoms with E-state index in [0.29, 0.717) is 12.2 Å². The van der Waals surface area contributed by atoms with Crippen molar-refractivity contribution < 1.29 is 9.90 Å². The van der Waals surface area contributed by atoms with Gasteiger partial charge in [-0.25, -0.2) is 0 Å². The van der Waals surface area contributed by atoms with Crippen LogP contribution in [0.2, 0.25) is 0 Å². The molecule has 4 N–H and O–H groups in total. The van der Waals surface area contributed by atoms with Gasteiger partial charge in [0, 0.05) is 18.4 Å². The molecule has 2 aromatic rings. The Morgan fingerprint density at radius 1 is 1.32 bits per heavy atom. The minimum absolute atomic E-state index is 0.194. The number of pyridine rings is 1. The highest BCUT2D eigenvalue weighted by atomic mass is 16.3. The lowest BCUT2D eigenvalue weighted by Crippen LogP contribution is -2.15. The molecule has 0 bridgehead atoms. The lowest BCUT2D eigenvalue weighted by atomic mass is 10.1. The Labute approximate surface area is 111 Å². The van der Waals surface area contributed by atoms with E-state index < -0.39 is 12.0 Å². The number of aliphatic hydroxyl groups is 1. The third-order valence-electron chi connectivity index (χ3n) is 2.70. The standard InChI is InChI=1S/C14H15N3O2/c15-14(19)12-8-11(6-7-16-12)17-9-13(18)10-4-2-1-3-5-10/h1-8,13,18H,9H2,(H2,15,19)(H,16,17). The van der Waals surface area contributed by atoms with Gasteiger partial charge in [-0.3, -0.25) is 9.78 Å². The molecule has 0 saturated carbocycles. The molecule has 1 atom stereocenters. The van der Waals surface area contributed by atoms with Crippen LogP contribution in [0.3, 0.4) is 0 Å². The number of nitrogens with one attached hydrogen (secondary N) is 1. The largest absolute Gasteiger partial charge is 0.387 e. The van der Waals surface area contributed by atoms with E-state index in [1.165, 1.54) is 6.20 Å². The van der Waals surface area contributed by atoms with Crippen molar-refractivity contribution in [3.63, 3.8) is 0 Å². The van der Waals surface area contributed by atoms with Crippen molar-refractivity contribution in [2.45, 2.75) is 6.10 Å². The second-order valence-electron chi connectivity index (χ2n) is 4.10. The second kappa shape index (κ2) is 5.97. The monoisotopic (exact) mass is 257 g/mol. The van der Waals surface area contributed by atoms with Crippen molar-refractivity contribution >= 4 is 11.6 Å². The Morgan fingerprint density at radius 2 is 2.05 bits per heavy atom. The lowest BCUT2D eigenvalue weighted by Gasteiger charge is -2.13. The van der Waals surface area contributed by atoms with Crippen LogP contribution >= 0.6 is 0 Å². The summed E-state index contributed by atoms with van der Waals surface area (Å²) in [7, 11) is 0. The molecule has 0 spiro atoms. The van der Waals surface area contributed by atoms with Crippen molar-refractivity contribution in [2.24, 2.45) is 5.73 Å². The highest BCUT2D eigenvalue weighted by Gasteiger charge is 2.07. The number of hydrogen-bond donors (Lipinski definition) is 3. The molecule has 19 heavy (non-hydrogen) atoms. The van der Waals surface area contributed by atoms with Crippen molar-refractivity contribution in [1.82, 2.24) is 4.98 Å². The third-order valence-corrected chi connectivity index (χ3v) is 2.70. The Hall–Kier alpha value is -2.40. The van der Waals surface area contributed by atoms with Gasteiger partial charge >= 0.3 is 0 Å². The molecule has 0 radical (unpaired) electrons. The second-order valence-corrected chi connectivity index (χ2v) is 4.10. The fourth-order valence-corrected chi connectivity index (χ4v) is 1.68. The first-order valence-electron chi connectivity index (χ1n) is 5.89. The number of rotatable bonds is 5. The molecule has 1 unspecified atom stereocenters. The van der Waals surface area contributed by atoms with Gasteiger partial charge in [-0.15, -0.1) is 0 Å². The molecule has 5 heteroatoms. The Morgan fingerprint density at radius 3 is 2.74 bits per heavy atom. The quantitative estimate of drug-likeness (QED) is 0.754. The van der Waals surface area contributed by atoms with Crippen LogP contribution in [-0.4, -0.2) is 22.5 Å². The molecule has 5 nitrogen and oxygen atoms in total. The number of carbonyl (C=O) groups excluding carboxylic acids is 1. The fourth-order valence-electron chi connectivity index (χ4n) is 1.68. The topological polar surface area (TPSA) is 88.2 Å². The molecule has 1 aromatic heterocycles. The van der Waals surface area contributed by atoms with Crippen LogP contribution in [0.25, 0.3) is 0 Å². The normalized spacial score (nSPS) is 11.8. The van der Waals surface area contributed by atoms with Gasteiger partial charge in [0.15, 0.2) is 0 Å². The number of amides is 1. The molecule has 0 aliphatic heterocycles. The molecular weight excluding hydrogens is 242 g/mol. The predicted octanol–water partition coefficient (Wildman–Crippen LogP) is 1.33. The summed E-state index contributed by atoms with van der Waals surface area (Å²) in [5.41, 5.74) is 6.87. The molecule has 98 valence electrons. The van der Waals surface area contributed by atoms with Crippen molar-refractivity contribution in [1.29, 1.82) is 0 Å². The van der Waals surface area contributed by atoms with Gasteiger partial charge in [-0.2, -0.15) is 0 Å². The minimum Gasteiger partial charge on any atom is -0.387 e. The van der Waals surface area contributed by atoms with E-state index in [-0.39, 0.29) is 5.69 Å². The van der Waals surface area contributed by atoms with Crippen molar-refractivity contribution in [3.05, 3.63) is 59.9 Å². The Kier molecular flexibility index (Phi) is 4.10. The fraction of sp³-hybridized carbons (Fsp3) is 0.143. The van der Waals surface area contributed by atoms with Crippen LogP contribution in [-0.2, 0) is 0 Å². The van der Waals surface area contributed by atoms with E-state index in [1.54, 1.807) is 12.1 Å². The van der Waals surface area contributed by atoms with Gasteiger partial charge in [-0.05, 0) is 17.7 Å². The van der Waals surface area contributed by atoms with Gasteiger partial charge in [0.25, 0.3) is 5.91 Å². The summed E-state index contributed by atoms with van der Waals surface area (Å²) >= 11 is 0. The minimum atomic E-state index is -0.619. The smallest absolute Gasteiger partial charge is 0.267 e. The zero-order chi connectivity index (χ0) is 13.7. The first kappa shape index (κ1) is 13.0. The molecular formula is C14H15N3O2. The molecule has 2 rings (SSSR count). The number of nitrogens with zero attached hydrogens (tertiary/aromatic N) is 1. The van der Waals surface area contributed by atoms with E-state index in [9.17, 15) is 9.90 Å². The summed E-state index contributed by atoms with van der Waals surface area (Å²) in [6.45, 7) is 0.340. The third kappa shape index (κ3) is 3.53. The summed E-state index contributed by atoms with van der Waals surface area (Å²) in [5, 5.41) is 13.0. The molecule has 1 aromatic carbocycles. The van der Waals surface area contributed by atoms with Gasteiger partial charge in [0.1, 0.15) is 5.69 Å². The van der Waals surface area contributed by atoms with Crippen molar-refractivity contribution in [2.75, 3.05) is 11.9 Å². The maximum absolute atomic E-state index is 11.0. The number of carbonyl (C=O) groups is 1. The number of hydrogen-bond acceptors (Lipinski definition) is 4. The van der Waals surface area contributed by atoms with Gasteiger partial charge in [-0.1, -0.05) is 30.3 Å². The predicted molar refractivity (Wildman–Crippen MR) is 72.6 cm³/mol. The van der Waals surface area contributed by atoms with E-state index in [0.717, 1.165) is 5.56 Å². The first-order chi connectivity index (χ1) is 9.16. The van der Waals surface area contributed by atoms with Crippen LogP contribution < -0.4 is 11.1 Å². The summed E-state index contributed by atoms with van der Waals surface area (Å²) in [6.07, 6.45) is 0.878. The first-order valence-corrected chi connectivity index (χ1v) is 5.89. The molecule has 0 fully saturated rings. The van der Waals surface area contributed by atoms with Gasteiger partial charge in [0.05, 0.1) is 6.10 Å². The van der Waals surface area contributed by atoms with Gasteiger partial charge < -0.3 is 16.2 Å². The molecule has 1 heterocycles. The van der Waals surface area contributed by atoms with E-state index in [1.807, 2.05) is 30.3 Å². The van der Waals surface area contributed by atoms with Crippen LogP contribution in [0.1, 0.15) is 22.2 Å². The van der Waals surface area contributed by atoms with E-state index in [4.69, 9.17) is 5.73 Å². The van der Waals surface area contributed by atoms with E-state index >= 15 is 0 Å². The summed E-state index contributed by atoms with van der Waals surface area (Å²) in [6, 6.07) is 12.6. The summed E-state index contributed by atoms with van der Waals surface area (Å²) in [5.74, 6) is -0.577. The molecule has 1 amide bonds. The van der Waals surface area contributed by atoms with Crippen LogP contribution in [0.5, 0.6) is 0 Å². The average molecular weight is 257 g/mol. The molecule has 0 aliphatic rings. The van der Waals surface area contributed by atoms with Crippen LogP contribution in [0, 0.1) is 0 Å². The number of primary amides is 1. The maximum atomic E-state index is 11.0. The number of benzene rings is 1. The SMILES string of the molecule is NC(=O)c1cc(NCC(O)c2ccccc2)ccn1. The van der Waals surface area contributed by atoms with Crippen LogP contribution in [0.15, 0.2) is 48.7 Å². The maximum Gasteiger partial charge on any atom is 0.267 e. The molecule has 0 aliphatic carbocycles. The molecule has 0 saturated heterocycles. The highest BCUT2D eigenvalue weighted by Crippen LogP contribution is 2.14. The number of aliphatic hydroxyl groups excluding tert-OH is 1. The number of anilines is 1. The Bertz CT molecular complexity index is 558. The van der Waals surface area contributed by atoms with Gasteiger partial charge in [0.2, 0.25) is 0 Å². The number of nitrogens with two attached hydrogens (primary N) is 1. The number of aromatic nitrogens is 1.